The molecule has 0 aliphatic carbocycles. The maximum absolute atomic E-state index is 12.1. The van der Waals surface area contributed by atoms with Gasteiger partial charge in [-0.25, -0.2) is 0 Å². The van der Waals surface area contributed by atoms with Gasteiger partial charge in [-0.15, -0.1) is 0 Å². The summed E-state index contributed by atoms with van der Waals surface area (Å²) < 4.78 is 5.43. The van der Waals surface area contributed by atoms with Crippen molar-refractivity contribution in [2.45, 2.75) is 38.3 Å². The summed E-state index contributed by atoms with van der Waals surface area (Å²) in [6.07, 6.45) is 2.84. The van der Waals surface area contributed by atoms with E-state index in [9.17, 15) is 4.79 Å². The summed E-state index contributed by atoms with van der Waals surface area (Å²) in [6.45, 7) is 4.36. The van der Waals surface area contributed by atoms with Gasteiger partial charge in [0, 0.05) is 25.7 Å². The van der Waals surface area contributed by atoms with Crippen LogP contribution in [0.3, 0.4) is 0 Å². The maximum atomic E-state index is 12.1. The molecule has 2 atom stereocenters. The van der Waals surface area contributed by atoms with Crippen LogP contribution in [0.1, 0.15) is 26.2 Å². The van der Waals surface area contributed by atoms with Crippen molar-refractivity contribution in [3.05, 3.63) is 0 Å². The highest BCUT2D eigenvalue weighted by Crippen LogP contribution is 2.24. The first kappa shape index (κ1) is 10.9. The highest BCUT2D eigenvalue weighted by atomic mass is 16.5. The molecule has 86 valence electrons. The molecule has 2 fully saturated rings. The minimum atomic E-state index is 0.0827. The predicted octanol–water partition coefficient (Wildman–Crippen LogP) is 0.361. The Morgan fingerprint density at radius 3 is 2.53 bits per heavy atom. The standard InChI is InChI=1S/C11H20N2O2/c1-8-10(4-7-15-8)11(14)13-5-2-9(12)3-6-13/h8-10H,2-7,12H2,1H3. The molecule has 0 aromatic heterocycles. The van der Waals surface area contributed by atoms with Crippen molar-refractivity contribution in [1.82, 2.24) is 4.90 Å². The Balaban J connectivity index is 1.90. The molecule has 4 nitrogen and oxygen atoms in total. The highest BCUT2D eigenvalue weighted by Gasteiger charge is 2.34. The number of likely N-dealkylation sites (tertiary alicyclic amines) is 1. The molecule has 2 saturated heterocycles. The SMILES string of the molecule is CC1OCCC1C(=O)N1CCC(N)CC1. The minimum Gasteiger partial charge on any atom is -0.378 e. The summed E-state index contributed by atoms with van der Waals surface area (Å²) in [5.41, 5.74) is 5.82. The Morgan fingerprint density at radius 2 is 2.00 bits per heavy atom. The van der Waals surface area contributed by atoms with Gasteiger partial charge in [0.1, 0.15) is 0 Å². The molecule has 2 rings (SSSR count). The highest BCUT2D eigenvalue weighted by molar-refractivity contribution is 5.79. The van der Waals surface area contributed by atoms with Crippen LogP contribution in [0.5, 0.6) is 0 Å². The molecule has 2 heterocycles. The molecule has 0 bridgehead atoms. The van der Waals surface area contributed by atoms with E-state index in [0.717, 1.165) is 39.0 Å². The summed E-state index contributed by atoms with van der Waals surface area (Å²) >= 11 is 0. The molecule has 2 N–H and O–H groups in total. The van der Waals surface area contributed by atoms with E-state index in [-0.39, 0.29) is 24.0 Å². The van der Waals surface area contributed by atoms with Crippen LogP contribution in [0.25, 0.3) is 0 Å². The van der Waals surface area contributed by atoms with Gasteiger partial charge in [-0.2, -0.15) is 0 Å². The smallest absolute Gasteiger partial charge is 0.228 e. The zero-order chi connectivity index (χ0) is 10.8. The first-order valence-corrected chi connectivity index (χ1v) is 5.84. The summed E-state index contributed by atoms with van der Waals surface area (Å²) in [4.78, 5) is 14.1. The van der Waals surface area contributed by atoms with Gasteiger partial charge in [-0.3, -0.25) is 4.79 Å². The monoisotopic (exact) mass is 212 g/mol. The van der Waals surface area contributed by atoms with E-state index in [2.05, 4.69) is 0 Å². The lowest BCUT2D eigenvalue weighted by molar-refractivity contribution is -0.138. The van der Waals surface area contributed by atoms with E-state index in [1.165, 1.54) is 0 Å². The molecule has 4 heteroatoms. The number of nitrogens with zero attached hydrogens (tertiary/aromatic N) is 1. The second kappa shape index (κ2) is 4.49. The lowest BCUT2D eigenvalue weighted by Gasteiger charge is -2.32. The third-order valence-corrected chi connectivity index (χ3v) is 3.54. The van der Waals surface area contributed by atoms with Crippen LogP contribution < -0.4 is 5.73 Å². The summed E-state index contributed by atoms with van der Waals surface area (Å²) in [6, 6.07) is 0.284. The number of amides is 1. The Hall–Kier alpha value is -0.610. The fourth-order valence-corrected chi connectivity index (χ4v) is 2.41. The first-order chi connectivity index (χ1) is 7.18. The second-order valence-corrected chi connectivity index (χ2v) is 4.63. The third-order valence-electron chi connectivity index (χ3n) is 3.54. The van der Waals surface area contributed by atoms with E-state index in [0.29, 0.717) is 0 Å². The average Bonchev–Trinajstić information content (AvgIpc) is 2.65. The zero-order valence-electron chi connectivity index (χ0n) is 9.32. The number of carbonyl (C=O) groups excluding carboxylic acids is 1. The summed E-state index contributed by atoms with van der Waals surface area (Å²) in [5.74, 6) is 0.353. The summed E-state index contributed by atoms with van der Waals surface area (Å²) in [7, 11) is 0. The quantitative estimate of drug-likeness (QED) is 0.683. The number of piperidine rings is 1. The zero-order valence-corrected chi connectivity index (χ0v) is 9.32. The van der Waals surface area contributed by atoms with E-state index in [4.69, 9.17) is 10.5 Å². The van der Waals surface area contributed by atoms with Gasteiger partial charge in [0.05, 0.1) is 12.0 Å². The molecule has 0 saturated carbocycles. The number of carbonyl (C=O) groups is 1. The fraction of sp³-hybridized carbons (Fsp3) is 0.909. The molecule has 15 heavy (non-hydrogen) atoms. The largest absolute Gasteiger partial charge is 0.378 e. The van der Waals surface area contributed by atoms with Crippen molar-refractivity contribution in [2.75, 3.05) is 19.7 Å². The number of hydrogen-bond donors (Lipinski definition) is 1. The lowest BCUT2D eigenvalue weighted by atomic mass is 9.98. The van der Waals surface area contributed by atoms with E-state index < -0.39 is 0 Å². The van der Waals surface area contributed by atoms with Crippen molar-refractivity contribution < 1.29 is 9.53 Å². The normalized spacial score (nSPS) is 33.3. The Bertz CT molecular complexity index is 237. The first-order valence-electron chi connectivity index (χ1n) is 5.84. The van der Waals surface area contributed by atoms with Gasteiger partial charge in [-0.1, -0.05) is 0 Å². The molecule has 2 unspecified atom stereocenters. The van der Waals surface area contributed by atoms with Crippen molar-refractivity contribution in [3.63, 3.8) is 0 Å². The van der Waals surface area contributed by atoms with Crippen LogP contribution in [0, 0.1) is 5.92 Å². The second-order valence-electron chi connectivity index (χ2n) is 4.63. The molecular weight excluding hydrogens is 192 g/mol. The minimum absolute atomic E-state index is 0.0827. The van der Waals surface area contributed by atoms with Crippen LogP contribution in [-0.4, -0.2) is 42.6 Å². The van der Waals surface area contributed by atoms with Crippen LogP contribution in [0.4, 0.5) is 0 Å². The third kappa shape index (κ3) is 2.32. The maximum Gasteiger partial charge on any atom is 0.228 e. The lowest BCUT2D eigenvalue weighted by Crippen LogP contribution is -2.46. The molecule has 1 amide bonds. The Labute approximate surface area is 90.8 Å². The van der Waals surface area contributed by atoms with Crippen molar-refractivity contribution in [1.29, 1.82) is 0 Å². The van der Waals surface area contributed by atoms with E-state index in [1.54, 1.807) is 0 Å². The molecule has 2 aliphatic rings. The Morgan fingerprint density at radius 1 is 1.33 bits per heavy atom. The van der Waals surface area contributed by atoms with Crippen LogP contribution in [0.15, 0.2) is 0 Å². The van der Waals surface area contributed by atoms with Gasteiger partial charge in [0.25, 0.3) is 0 Å². The van der Waals surface area contributed by atoms with Crippen molar-refractivity contribution in [2.24, 2.45) is 11.7 Å². The van der Waals surface area contributed by atoms with Gasteiger partial charge >= 0.3 is 0 Å². The molecule has 2 aliphatic heterocycles. The van der Waals surface area contributed by atoms with Gasteiger partial charge in [-0.05, 0) is 26.2 Å². The van der Waals surface area contributed by atoms with E-state index in [1.807, 2.05) is 11.8 Å². The van der Waals surface area contributed by atoms with Gasteiger partial charge in [0.15, 0.2) is 0 Å². The van der Waals surface area contributed by atoms with Crippen molar-refractivity contribution in [3.8, 4) is 0 Å². The molecule has 0 aromatic carbocycles. The summed E-state index contributed by atoms with van der Waals surface area (Å²) in [5, 5.41) is 0. The van der Waals surface area contributed by atoms with Crippen LogP contribution in [0.2, 0.25) is 0 Å². The number of hydrogen-bond acceptors (Lipinski definition) is 3. The number of ether oxygens (including phenoxy) is 1. The average molecular weight is 212 g/mol. The fourth-order valence-electron chi connectivity index (χ4n) is 2.41. The predicted molar refractivity (Wildman–Crippen MR) is 57.3 cm³/mol. The molecular formula is C11H20N2O2. The van der Waals surface area contributed by atoms with E-state index >= 15 is 0 Å². The molecule has 0 aromatic rings. The molecule has 0 spiro atoms. The number of rotatable bonds is 1. The molecule has 0 radical (unpaired) electrons. The van der Waals surface area contributed by atoms with Gasteiger partial charge < -0.3 is 15.4 Å². The van der Waals surface area contributed by atoms with Crippen LogP contribution >= 0.6 is 0 Å². The van der Waals surface area contributed by atoms with Gasteiger partial charge in [0.2, 0.25) is 5.91 Å². The van der Waals surface area contributed by atoms with Crippen molar-refractivity contribution >= 4 is 5.91 Å². The Kier molecular flexibility index (Phi) is 3.26. The van der Waals surface area contributed by atoms with Crippen LogP contribution in [-0.2, 0) is 9.53 Å². The topological polar surface area (TPSA) is 55.6 Å². The number of nitrogens with two attached hydrogens (primary N) is 1.